The van der Waals surface area contributed by atoms with Crippen molar-refractivity contribution in [2.75, 3.05) is 26.2 Å². The highest BCUT2D eigenvalue weighted by Gasteiger charge is 2.31. The second-order valence-corrected chi connectivity index (χ2v) is 7.87. The maximum Gasteiger partial charge on any atom is 0.264 e. The van der Waals surface area contributed by atoms with Crippen LogP contribution in [-0.2, 0) is 0 Å². The van der Waals surface area contributed by atoms with Crippen LogP contribution in [0.2, 0.25) is 0 Å². The molecule has 0 N–H and O–H groups in total. The van der Waals surface area contributed by atoms with E-state index in [1.165, 1.54) is 25.8 Å². The number of thiophene rings is 1. The number of nitrogens with zero attached hydrogens (tertiary/aromatic N) is 2. The zero-order valence-corrected chi connectivity index (χ0v) is 13.6. The second kappa shape index (κ2) is 5.54. The van der Waals surface area contributed by atoms with Crippen molar-refractivity contribution in [3.8, 4) is 0 Å². The average molecular weight is 343 g/mol. The summed E-state index contributed by atoms with van der Waals surface area (Å²) in [5, 5.41) is 0. The standard InChI is InChI=1S/C14H19BrN2OS/c1-10-8-12(19-13(10)15)14(18)17-7-6-16-5-3-2-4-11(16)9-17/h8,11H,2-7,9H2,1H3. The minimum Gasteiger partial charge on any atom is -0.335 e. The predicted molar refractivity (Wildman–Crippen MR) is 81.9 cm³/mol. The van der Waals surface area contributed by atoms with Gasteiger partial charge in [-0.15, -0.1) is 11.3 Å². The lowest BCUT2D eigenvalue weighted by atomic mass is 9.99. The predicted octanol–water partition coefficient (Wildman–Crippen LogP) is 3.13. The Labute approximate surface area is 126 Å². The van der Waals surface area contributed by atoms with Gasteiger partial charge >= 0.3 is 0 Å². The van der Waals surface area contributed by atoms with Crippen LogP contribution in [0.4, 0.5) is 0 Å². The van der Waals surface area contributed by atoms with Crippen molar-refractivity contribution in [2.24, 2.45) is 0 Å². The molecule has 3 nitrogen and oxygen atoms in total. The van der Waals surface area contributed by atoms with Crippen LogP contribution in [0.5, 0.6) is 0 Å². The van der Waals surface area contributed by atoms with Gasteiger partial charge in [-0.2, -0.15) is 0 Å². The van der Waals surface area contributed by atoms with Crippen LogP contribution in [-0.4, -0.2) is 47.9 Å². The van der Waals surface area contributed by atoms with Crippen molar-refractivity contribution < 1.29 is 4.79 Å². The van der Waals surface area contributed by atoms with Gasteiger partial charge in [-0.25, -0.2) is 0 Å². The number of aryl methyl sites for hydroxylation is 1. The molecule has 1 aromatic rings. The summed E-state index contributed by atoms with van der Waals surface area (Å²) in [5.74, 6) is 0.212. The zero-order valence-electron chi connectivity index (χ0n) is 11.2. The number of carbonyl (C=O) groups is 1. The Kier molecular flexibility index (Phi) is 3.96. The lowest BCUT2D eigenvalue weighted by Crippen LogP contribution is -2.56. The van der Waals surface area contributed by atoms with E-state index in [1.807, 2.05) is 17.9 Å². The lowest BCUT2D eigenvalue weighted by molar-refractivity contribution is 0.0376. The number of rotatable bonds is 1. The topological polar surface area (TPSA) is 23.6 Å². The van der Waals surface area contributed by atoms with E-state index in [0.29, 0.717) is 6.04 Å². The SMILES string of the molecule is Cc1cc(C(=O)N2CCN3CCCCC3C2)sc1Br. The first-order valence-electron chi connectivity index (χ1n) is 6.94. The molecule has 0 aromatic carbocycles. The maximum atomic E-state index is 12.5. The normalized spacial score (nSPS) is 24.3. The van der Waals surface area contributed by atoms with E-state index >= 15 is 0 Å². The fourth-order valence-corrected chi connectivity index (χ4v) is 4.56. The Bertz CT molecular complexity index is 468. The van der Waals surface area contributed by atoms with Gasteiger partial charge in [0.25, 0.3) is 5.91 Å². The summed E-state index contributed by atoms with van der Waals surface area (Å²) >= 11 is 5.06. The molecule has 1 amide bonds. The van der Waals surface area contributed by atoms with Gasteiger partial charge in [-0.05, 0) is 53.9 Å². The van der Waals surface area contributed by atoms with Crippen molar-refractivity contribution >= 4 is 33.2 Å². The molecule has 0 aliphatic carbocycles. The molecule has 1 unspecified atom stereocenters. The number of piperazine rings is 1. The third-order valence-corrected chi connectivity index (χ3v) is 6.32. The first-order valence-corrected chi connectivity index (χ1v) is 8.55. The van der Waals surface area contributed by atoms with Gasteiger partial charge in [-0.1, -0.05) is 6.42 Å². The molecule has 0 bridgehead atoms. The Morgan fingerprint density at radius 3 is 2.95 bits per heavy atom. The van der Waals surface area contributed by atoms with E-state index in [4.69, 9.17) is 0 Å². The van der Waals surface area contributed by atoms with E-state index in [0.717, 1.165) is 33.9 Å². The minimum absolute atomic E-state index is 0.212. The first-order chi connectivity index (χ1) is 9.15. The van der Waals surface area contributed by atoms with Crippen molar-refractivity contribution in [3.63, 3.8) is 0 Å². The summed E-state index contributed by atoms with van der Waals surface area (Å²) < 4.78 is 1.08. The summed E-state index contributed by atoms with van der Waals surface area (Å²) in [5.41, 5.74) is 1.16. The number of fused-ring (bicyclic) bond motifs is 1. The van der Waals surface area contributed by atoms with Crippen LogP contribution in [0.1, 0.15) is 34.5 Å². The lowest BCUT2D eigenvalue weighted by Gasteiger charge is -2.43. The van der Waals surface area contributed by atoms with Gasteiger partial charge in [0, 0.05) is 25.7 Å². The summed E-state index contributed by atoms with van der Waals surface area (Å²) in [6.45, 7) is 6.09. The van der Waals surface area contributed by atoms with Crippen molar-refractivity contribution in [1.82, 2.24) is 9.80 Å². The summed E-state index contributed by atoms with van der Waals surface area (Å²) in [4.78, 5) is 18.0. The van der Waals surface area contributed by atoms with Gasteiger partial charge in [0.1, 0.15) is 0 Å². The third kappa shape index (κ3) is 2.73. The van der Waals surface area contributed by atoms with E-state index in [2.05, 4.69) is 20.8 Å². The number of halogens is 1. The van der Waals surface area contributed by atoms with Crippen LogP contribution in [0, 0.1) is 6.92 Å². The molecule has 2 aliphatic heterocycles. The van der Waals surface area contributed by atoms with Crippen molar-refractivity contribution in [1.29, 1.82) is 0 Å². The van der Waals surface area contributed by atoms with Crippen LogP contribution >= 0.6 is 27.3 Å². The molecule has 2 fully saturated rings. The number of piperidine rings is 1. The highest BCUT2D eigenvalue weighted by Crippen LogP contribution is 2.29. The molecule has 3 rings (SSSR count). The highest BCUT2D eigenvalue weighted by molar-refractivity contribution is 9.11. The number of hydrogen-bond donors (Lipinski definition) is 0. The molecule has 2 saturated heterocycles. The molecule has 5 heteroatoms. The molecule has 0 radical (unpaired) electrons. The zero-order chi connectivity index (χ0) is 13.4. The number of amides is 1. The highest BCUT2D eigenvalue weighted by atomic mass is 79.9. The van der Waals surface area contributed by atoms with Gasteiger partial charge in [0.2, 0.25) is 0 Å². The second-order valence-electron chi connectivity index (χ2n) is 5.50. The average Bonchev–Trinajstić information content (AvgIpc) is 2.77. The summed E-state index contributed by atoms with van der Waals surface area (Å²) in [7, 11) is 0. The monoisotopic (exact) mass is 342 g/mol. The molecule has 1 aromatic heterocycles. The van der Waals surface area contributed by atoms with Crippen molar-refractivity contribution in [2.45, 2.75) is 32.2 Å². The van der Waals surface area contributed by atoms with Gasteiger partial charge in [0.05, 0.1) is 8.66 Å². The number of hydrogen-bond acceptors (Lipinski definition) is 3. The van der Waals surface area contributed by atoms with E-state index in [9.17, 15) is 4.79 Å². The molecule has 0 saturated carbocycles. The Morgan fingerprint density at radius 1 is 1.37 bits per heavy atom. The third-order valence-electron chi connectivity index (χ3n) is 4.19. The van der Waals surface area contributed by atoms with Gasteiger partial charge < -0.3 is 4.90 Å². The fourth-order valence-electron chi connectivity index (χ4n) is 3.06. The molecule has 104 valence electrons. The van der Waals surface area contributed by atoms with Crippen LogP contribution in [0.15, 0.2) is 9.85 Å². The fraction of sp³-hybridized carbons (Fsp3) is 0.643. The van der Waals surface area contributed by atoms with Gasteiger partial charge in [0.15, 0.2) is 0 Å². The summed E-state index contributed by atoms with van der Waals surface area (Å²) in [6.07, 6.45) is 3.88. The molecular weight excluding hydrogens is 324 g/mol. The van der Waals surface area contributed by atoms with Crippen LogP contribution in [0.25, 0.3) is 0 Å². The molecule has 1 atom stereocenters. The van der Waals surface area contributed by atoms with E-state index < -0.39 is 0 Å². The minimum atomic E-state index is 0.212. The molecule has 3 heterocycles. The maximum absolute atomic E-state index is 12.5. The van der Waals surface area contributed by atoms with Gasteiger partial charge in [-0.3, -0.25) is 9.69 Å². The van der Waals surface area contributed by atoms with E-state index in [-0.39, 0.29) is 5.91 Å². The first kappa shape index (κ1) is 13.6. The molecule has 19 heavy (non-hydrogen) atoms. The smallest absolute Gasteiger partial charge is 0.264 e. The van der Waals surface area contributed by atoms with E-state index in [1.54, 1.807) is 11.3 Å². The quantitative estimate of drug-likeness (QED) is 0.782. The Morgan fingerprint density at radius 2 is 2.21 bits per heavy atom. The molecule has 0 spiro atoms. The molecule has 2 aliphatic rings. The van der Waals surface area contributed by atoms with Crippen LogP contribution in [0.3, 0.4) is 0 Å². The van der Waals surface area contributed by atoms with Crippen molar-refractivity contribution in [3.05, 3.63) is 20.3 Å². The summed E-state index contributed by atoms with van der Waals surface area (Å²) in [6, 6.07) is 2.60. The number of carbonyl (C=O) groups excluding carboxylic acids is 1. The Balaban J connectivity index is 1.70. The largest absolute Gasteiger partial charge is 0.335 e. The Hall–Kier alpha value is -0.390. The van der Waals surface area contributed by atoms with Crippen LogP contribution < -0.4 is 0 Å². The molecular formula is C14H19BrN2OS.